The van der Waals surface area contributed by atoms with Gasteiger partial charge in [0.05, 0.1) is 23.3 Å². The van der Waals surface area contributed by atoms with Gasteiger partial charge in [-0.2, -0.15) is 10.5 Å². The summed E-state index contributed by atoms with van der Waals surface area (Å²) in [5.74, 6) is 0. The number of hydrogen-bond donors (Lipinski definition) is 0. The summed E-state index contributed by atoms with van der Waals surface area (Å²) in [7, 11) is 0. The van der Waals surface area contributed by atoms with E-state index in [1.54, 1.807) is 0 Å². The summed E-state index contributed by atoms with van der Waals surface area (Å²) < 4.78 is 0. The highest BCUT2D eigenvalue weighted by atomic mass is 14.2. The quantitative estimate of drug-likeness (QED) is 0.452. The lowest BCUT2D eigenvalue weighted by Crippen LogP contribution is -1.93. The van der Waals surface area contributed by atoms with Gasteiger partial charge in [-0.15, -0.1) is 0 Å². The van der Waals surface area contributed by atoms with Crippen LogP contribution in [0.3, 0.4) is 0 Å². The van der Waals surface area contributed by atoms with E-state index in [4.69, 9.17) is 10.5 Å². The molecule has 0 saturated heterocycles. The molecule has 1 aliphatic carbocycles. The molecule has 0 saturated carbocycles. The van der Waals surface area contributed by atoms with E-state index >= 15 is 0 Å². The highest BCUT2D eigenvalue weighted by Gasteiger charge is 2.08. The lowest BCUT2D eigenvalue weighted by Gasteiger charge is -2.14. The summed E-state index contributed by atoms with van der Waals surface area (Å²) in [6.07, 6.45) is 11.9. The topological polar surface area (TPSA) is 47.6 Å². The second kappa shape index (κ2) is 9.57. The normalized spacial score (nSPS) is 13.2. The summed E-state index contributed by atoms with van der Waals surface area (Å²) in [6.45, 7) is 0. The Morgan fingerprint density at radius 1 is 0.645 bits per heavy atom. The van der Waals surface area contributed by atoms with Gasteiger partial charge in [-0.05, 0) is 71.4 Å². The van der Waals surface area contributed by atoms with Gasteiger partial charge in [0.25, 0.3) is 0 Å². The van der Waals surface area contributed by atoms with Crippen molar-refractivity contribution in [3.63, 3.8) is 0 Å². The molecule has 0 aliphatic heterocycles. The second-order valence-electron chi connectivity index (χ2n) is 7.62. The maximum Gasteiger partial charge on any atom is 0.0991 e. The zero-order chi connectivity index (χ0) is 21.5. The fourth-order valence-electron chi connectivity index (χ4n) is 3.72. The van der Waals surface area contributed by atoms with E-state index in [1.807, 2.05) is 48.5 Å². The van der Waals surface area contributed by atoms with E-state index in [-0.39, 0.29) is 0 Å². The largest absolute Gasteiger partial charge is 0.192 e. The Labute approximate surface area is 183 Å². The molecule has 0 heterocycles. The minimum Gasteiger partial charge on any atom is -0.192 e. The molecule has 3 aromatic rings. The van der Waals surface area contributed by atoms with Crippen molar-refractivity contribution in [3.05, 3.63) is 119 Å². The molecular formula is C29H22N2. The van der Waals surface area contributed by atoms with Crippen LogP contribution in [0.4, 0.5) is 0 Å². The van der Waals surface area contributed by atoms with Crippen LogP contribution >= 0.6 is 0 Å². The molecule has 4 rings (SSSR count). The van der Waals surface area contributed by atoms with E-state index in [9.17, 15) is 0 Å². The Hall–Kier alpha value is -4.14. The number of nitriles is 2. The minimum absolute atomic E-state index is 0.680. The van der Waals surface area contributed by atoms with Gasteiger partial charge in [-0.25, -0.2) is 0 Å². The van der Waals surface area contributed by atoms with Gasteiger partial charge in [0.2, 0.25) is 0 Å². The molecule has 2 nitrogen and oxygen atoms in total. The molecule has 1 aliphatic rings. The minimum atomic E-state index is 0.680. The second-order valence-corrected chi connectivity index (χ2v) is 7.62. The molecule has 2 heteroatoms. The van der Waals surface area contributed by atoms with Crippen molar-refractivity contribution < 1.29 is 0 Å². The number of rotatable bonds is 5. The zero-order valence-corrected chi connectivity index (χ0v) is 17.3. The summed E-state index contributed by atoms with van der Waals surface area (Å²) in [5.41, 5.74) is 8.79. The summed E-state index contributed by atoms with van der Waals surface area (Å²) >= 11 is 0. The zero-order valence-electron chi connectivity index (χ0n) is 17.3. The van der Waals surface area contributed by atoms with Crippen molar-refractivity contribution >= 4 is 11.6 Å². The van der Waals surface area contributed by atoms with E-state index < -0.39 is 0 Å². The van der Waals surface area contributed by atoms with Crippen molar-refractivity contribution in [3.8, 4) is 23.3 Å². The predicted molar refractivity (Wildman–Crippen MR) is 127 cm³/mol. The van der Waals surface area contributed by atoms with Crippen LogP contribution in [0.15, 0.2) is 96.6 Å². The standard InChI is InChI=1S/C29H22N2/c30-20-24-8-16-28(17-9-24)26-12-4-22(5-13-26)2-1-3-23-6-14-27(15-7-23)29-18-10-25(21-31)11-19-29/h1-2,4-6,8-14,16-19H,3,7,15H2/b2-1+. The predicted octanol–water partition coefficient (Wildman–Crippen LogP) is 7.30. The van der Waals surface area contributed by atoms with Crippen LogP contribution in [0.25, 0.3) is 22.8 Å². The fraction of sp³-hybridized carbons (Fsp3) is 0.103. The first-order valence-electron chi connectivity index (χ1n) is 10.4. The molecule has 0 spiro atoms. The van der Waals surface area contributed by atoms with Gasteiger partial charge in [-0.1, -0.05) is 78.4 Å². The van der Waals surface area contributed by atoms with Gasteiger partial charge in [0.15, 0.2) is 0 Å². The smallest absolute Gasteiger partial charge is 0.0991 e. The average Bonchev–Trinajstić information content (AvgIpc) is 2.85. The van der Waals surface area contributed by atoms with Crippen LogP contribution in [0.5, 0.6) is 0 Å². The van der Waals surface area contributed by atoms with Gasteiger partial charge in [0.1, 0.15) is 0 Å². The number of benzene rings is 3. The molecule has 0 fully saturated rings. The maximum absolute atomic E-state index is 8.93. The number of hydrogen-bond acceptors (Lipinski definition) is 2. The molecule has 0 N–H and O–H groups in total. The van der Waals surface area contributed by atoms with Crippen molar-refractivity contribution in [2.75, 3.05) is 0 Å². The lowest BCUT2D eigenvalue weighted by atomic mass is 9.91. The van der Waals surface area contributed by atoms with Gasteiger partial charge >= 0.3 is 0 Å². The Balaban J connectivity index is 1.36. The summed E-state index contributed by atoms with van der Waals surface area (Å²) in [6, 6.07) is 28.3. The van der Waals surface area contributed by atoms with Gasteiger partial charge < -0.3 is 0 Å². The molecule has 0 atom stereocenters. The van der Waals surface area contributed by atoms with Crippen LogP contribution in [0.2, 0.25) is 0 Å². The van der Waals surface area contributed by atoms with Crippen LogP contribution in [-0.2, 0) is 0 Å². The molecule has 0 unspecified atom stereocenters. The fourth-order valence-corrected chi connectivity index (χ4v) is 3.72. The van der Waals surface area contributed by atoms with Crippen molar-refractivity contribution in [1.82, 2.24) is 0 Å². The first kappa shape index (κ1) is 20.1. The summed E-state index contributed by atoms with van der Waals surface area (Å²) in [4.78, 5) is 0. The molecule has 148 valence electrons. The Kier molecular flexibility index (Phi) is 6.22. The molecule has 0 aromatic heterocycles. The molecule has 0 amide bonds. The third-order valence-electron chi connectivity index (χ3n) is 5.57. The van der Waals surface area contributed by atoms with Crippen LogP contribution in [0.1, 0.15) is 41.5 Å². The number of nitrogens with zero attached hydrogens (tertiary/aromatic N) is 2. The van der Waals surface area contributed by atoms with Crippen LogP contribution < -0.4 is 0 Å². The Morgan fingerprint density at radius 2 is 1.19 bits per heavy atom. The monoisotopic (exact) mass is 398 g/mol. The third-order valence-corrected chi connectivity index (χ3v) is 5.57. The Bertz CT molecular complexity index is 1220. The molecule has 0 bridgehead atoms. The molecule has 0 radical (unpaired) electrons. The Morgan fingerprint density at radius 3 is 1.71 bits per heavy atom. The van der Waals surface area contributed by atoms with E-state index in [0.29, 0.717) is 11.1 Å². The molecular weight excluding hydrogens is 376 g/mol. The highest BCUT2D eigenvalue weighted by Crippen LogP contribution is 2.28. The lowest BCUT2D eigenvalue weighted by molar-refractivity contribution is 0.939. The third kappa shape index (κ3) is 5.08. The van der Waals surface area contributed by atoms with Gasteiger partial charge in [0, 0.05) is 0 Å². The average molecular weight is 399 g/mol. The SMILES string of the molecule is N#Cc1ccc(C2=CC=C(C/C=C/c3ccc(-c4ccc(C#N)cc4)cc3)CC2)cc1. The first-order chi connectivity index (χ1) is 15.2. The molecule has 3 aromatic carbocycles. The summed E-state index contributed by atoms with van der Waals surface area (Å²) in [5, 5.41) is 17.9. The van der Waals surface area contributed by atoms with Crippen LogP contribution in [-0.4, -0.2) is 0 Å². The molecule has 31 heavy (non-hydrogen) atoms. The van der Waals surface area contributed by atoms with E-state index in [1.165, 1.54) is 22.3 Å². The van der Waals surface area contributed by atoms with E-state index in [0.717, 1.165) is 30.4 Å². The van der Waals surface area contributed by atoms with E-state index in [2.05, 4.69) is 60.7 Å². The highest BCUT2D eigenvalue weighted by molar-refractivity contribution is 5.69. The van der Waals surface area contributed by atoms with Crippen LogP contribution in [0, 0.1) is 22.7 Å². The van der Waals surface area contributed by atoms with Crippen molar-refractivity contribution in [2.45, 2.75) is 19.3 Å². The van der Waals surface area contributed by atoms with Crippen molar-refractivity contribution in [2.24, 2.45) is 0 Å². The first-order valence-corrected chi connectivity index (χ1v) is 10.4. The van der Waals surface area contributed by atoms with Gasteiger partial charge in [-0.3, -0.25) is 0 Å². The van der Waals surface area contributed by atoms with Crippen molar-refractivity contribution in [1.29, 1.82) is 10.5 Å². The maximum atomic E-state index is 8.93. The number of allylic oxidation sites excluding steroid dienone is 5.